The van der Waals surface area contributed by atoms with Crippen molar-refractivity contribution in [3.05, 3.63) is 105 Å². The van der Waals surface area contributed by atoms with E-state index in [-0.39, 0.29) is 40.5 Å². The van der Waals surface area contributed by atoms with E-state index in [0.29, 0.717) is 11.1 Å². The molecule has 4 rings (SSSR count). The first-order valence-corrected chi connectivity index (χ1v) is 13.0. The van der Waals surface area contributed by atoms with Gasteiger partial charge < -0.3 is 10.5 Å². The Labute approximate surface area is 217 Å². The Morgan fingerprint density at radius 3 is 2.32 bits per heavy atom. The number of anilines is 1. The zero-order chi connectivity index (χ0) is 27.4. The van der Waals surface area contributed by atoms with E-state index in [1.807, 2.05) is 0 Å². The topological polar surface area (TPSA) is 166 Å². The maximum atomic E-state index is 13.5. The van der Waals surface area contributed by atoms with Crippen LogP contribution in [0.15, 0.2) is 87.3 Å². The molecule has 11 nitrogen and oxygen atoms in total. The van der Waals surface area contributed by atoms with Crippen molar-refractivity contribution < 1.29 is 17.9 Å². The molecule has 196 valence electrons. The van der Waals surface area contributed by atoms with Gasteiger partial charge in [-0.2, -0.15) is 0 Å². The third-order valence-corrected chi connectivity index (χ3v) is 7.13. The summed E-state index contributed by atoms with van der Waals surface area (Å²) in [7, 11) is -3.94. The highest BCUT2D eigenvalue weighted by molar-refractivity contribution is 7.92. The van der Waals surface area contributed by atoms with Gasteiger partial charge in [0.2, 0.25) is 0 Å². The maximum Gasteiger partial charge on any atom is 0.332 e. The number of rotatable bonds is 9. The lowest BCUT2D eigenvalue weighted by atomic mass is 10.1. The molecule has 12 heteroatoms. The van der Waals surface area contributed by atoms with E-state index in [0.717, 1.165) is 9.13 Å². The molecule has 0 saturated heterocycles. The second-order valence-corrected chi connectivity index (χ2v) is 10.0. The number of carbonyl (C=O) groups is 1. The van der Waals surface area contributed by atoms with Gasteiger partial charge in [-0.25, -0.2) is 13.2 Å². The molecule has 0 unspecified atom stereocenters. The molecule has 38 heavy (non-hydrogen) atoms. The van der Waals surface area contributed by atoms with E-state index in [1.165, 1.54) is 30.3 Å². The van der Waals surface area contributed by atoms with Crippen LogP contribution in [-0.2, 0) is 32.6 Å². The molecule has 4 aromatic rings. The average molecular weight is 536 g/mol. The fourth-order valence-corrected chi connectivity index (χ4v) is 4.96. The van der Waals surface area contributed by atoms with Crippen molar-refractivity contribution >= 4 is 38.4 Å². The van der Waals surface area contributed by atoms with Gasteiger partial charge in [0.25, 0.3) is 15.6 Å². The second kappa shape index (κ2) is 10.7. The molecule has 0 atom stereocenters. The summed E-state index contributed by atoms with van der Waals surface area (Å²) in [6.07, 6.45) is 0. The van der Waals surface area contributed by atoms with Gasteiger partial charge in [-0.1, -0.05) is 42.5 Å². The first-order chi connectivity index (χ1) is 18.1. The van der Waals surface area contributed by atoms with Gasteiger partial charge in [-0.05, 0) is 42.8 Å². The summed E-state index contributed by atoms with van der Waals surface area (Å²) < 4.78 is 35.1. The number of hydrogen-bond donors (Lipinski definition) is 3. The lowest BCUT2D eigenvalue weighted by Gasteiger charge is -2.15. The number of esters is 1. The van der Waals surface area contributed by atoms with E-state index in [4.69, 9.17) is 15.9 Å². The predicted octanol–water partition coefficient (Wildman–Crippen LogP) is 1.86. The van der Waals surface area contributed by atoms with E-state index in [9.17, 15) is 22.8 Å². The highest BCUT2D eigenvalue weighted by Crippen LogP contribution is 2.20. The third-order valence-electron chi connectivity index (χ3n) is 5.73. The molecular formula is C26H25N5O6S. The van der Waals surface area contributed by atoms with Crippen molar-refractivity contribution in [3.8, 4) is 0 Å². The van der Waals surface area contributed by atoms with Crippen molar-refractivity contribution in [3.63, 3.8) is 0 Å². The van der Waals surface area contributed by atoms with Crippen molar-refractivity contribution in [2.75, 3.05) is 11.3 Å². The van der Waals surface area contributed by atoms with Crippen molar-refractivity contribution in [1.82, 2.24) is 9.13 Å². The third kappa shape index (κ3) is 5.49. The lowest BCUT2D eigenvalue weighted by molar-refractivity contribution is -0.143. The summed E-state index contributed by atoms with van der Waals surface area (Å²) in [5.74, 6) is -0.808. The number of amidine groups is 1. The minimum Gasteiger partial charge on any atom is -0.465 e. The van der Waals surface area contributed by atoms with Crippen LogP contribution in [0.4, 0.5) is 5.69 Å². The van der Waals surface area contributed by atoms with Gasteiger partial charge in [-0.3, -0.25) is 28.9 Å². The van der Waals surface area contributed by atoms with Crippen LogP contribution < -0.4 is 21.7 Å². The molecule has 0 aliphatic carbocycles. The summed E-state index contributed by atoms with van der Waals surface area (Å²) in [4.78, 5) is 39.2. The smallest absolute Gasteiger partial charge is 0.332 e. The second-order valence-electron chi connectivity index (χ2n) is 8.33. The van der Waals surface area contributed by atoms with Crippen LogP contribution in [0.25, 0.3) is 10.9 Å². The Morgan fingerprint density at radius 2 is 1.68 bits per heavy atom. The minimum atomic E-state index is -3.94. The van der Waals surface area contributed by atoms with Crippen LogP contribution in [0, 0.1) is 5.41 Å². The standard InChI is InChI=1S/C26H25N5O6S/c1-2-37-23(32)16-30-22-14-19(29-38(35,36)20-6-4-3-5-7-20)12-13-21(22)25(33)31(26(30)34)15-17-8-10-18(11-9-17)24(27)28/h3-14,29H,2,15-16H2,1H3,(H3,27,28). The molecule has 1 heterocycles. The van der Waals surface area contributed by atoms with Crippen molar-refractivity contribution in [2.45, 2.75) is 24.9 Å². The summed E-state index contributed by atoms with van der Waals surface area (Å²) in [6, 6.07) is 18.4. The van der Waals surface area contributed by atoms with Crippen LogP contribution in [0.1, 0.15) is 18.1 Å². The SMILES string of the molecule is CCOC(=O)Cn1c(=O)n(Cc2ccc(C(=N)N)cc2)c(=O)c2ccc(NS(=O)(=O)c3ccccc3)cc21. The van der Waals surface area contributed by atoms with E-state index < -0.39 is 33.8 Å². The summed E-state index contributed by atoms with van der Waals surface area (Å²) in [5.41, 5.74) is 5.38. The number of benzene rings is 3. The Bertz CT molecular complexity index is 1740. The fourth-order valence-electron chi connectivity index (χ4n) is 3.89. The zero-order valence-electron chi connectivity index (χ0n) is 20.4. The molecule has 0 aliphatic heterocycles. The first kappa shape index (κ1) is 26.4. The number of hydrogen-bond acceptors (Lipinski definition) is 7. The fraction of sp³-hybridized carbons (Fsp3) is 0.154. The molecular weight excluding hydrogens is 510 g/mol. The Hall–Kier alpha value is -4.71. The van der Waals surface area contributed by atoms with Crippen LogP contribution >= 0.6 is 0 Å². The molecule has 0 aliphatic rings. The predicted molar refractivity (Wildman–Crippen MR) is 143 cm³/mol. The average Bonchev–Trinajstić information content (AvgIpc) is 2.89. The Balaban J connectivity index is 1.82. The summed E-state index contributed by atoms with van der Waals surface area (Å²) in [5, 5.41) is 7.62. The number of nitrogen functional groups attached to an aromatic ring is 1. The van der Waals surface area contributed by atoms with Crippen LogP contribution in [0.5, 0.6) is 0 Å². The monoisotopic (exact) mass is 535 g/mol. The van der Waals surface area contributed by atoms with Crippen LogP contribution in [0.3, 0.4) is 0 Å². The number of fused-ring (bicyclic) bond motifs is 1. The molecule has 3 aromatic carbocycles. The van der Waals surface area contributed by atoms with Gasteiger partial charge >= 0.3 is 11.7 Å². The molecule has 0 fully saturated rings. The zero-order valence-corrected chi connectivity index (χ0v) is 21.2. The number of nitrogens with zero attached hydrogens (tertiary/aromatic N) is 2. The van der Waals surface area contributed by atoms with Crippen molar-refractivity contribution in [2.24, 2.45) is 5.73 Å². The van der Waals surface area contributed by atoms with Gasteiger partial charge in [0.15, 0.2) is 0 Å². The van der Waals surface area contributed by atoms with E-state index in [1.54, 1.807) is 49.4 Å². The van der Waals surface area contributed by atoms with Crippen LogP contribution in [-0.4, -0.2) is 36.0 Å². The van der Waals surface area contributed by atoms with Crippen LogP contribution in [0.2, 0.25) is 0 Å². The number of nitrogens with two attached hydrogens (primary N) is 1. The largest absolute Gasteiger partial charge is 0.465 e. The number of aromatic nitrogens is 2. The summed E-state index contributed by atoms with van der Waals surface area (Å²) in [6.45, 7) is 1.13. The van der Waals surface area contributed by atoms with Gasteiger partial charge in [0, 0.05) is 5.56 Å². The molecule has 0 amide bonds. The van der Waals surface area contributed by atoms with Crippen molar-refractivity contribution in [1.29, 1.82) is 5.41 Å². The normalized spacial score (nSPS) is 11.3. The quantitative estimate of drug-likeness (QED) is 0.167. The Morgan fingerprint density at radius 1 is 1.00 bits per heavy atom. The molecule has 0 spiro atoms. The molecule has 0 saturated carbocycles. The van der Waals surface area contributed by atoms with Gasteiger partial charge in [0.1, 0.15) is 12.4 Å². The molecule has 4 N–H and O–H groups in total. The maximum absolute atomic E-state index is 13.5. The molecule has 0 radical (unpaired) electrons. The number of nitrogens with one attached hydrogen (secondary N) is 2. The highest BCUT2D eigenvalue weighted by Gasteiger charge is 2.19. The van der Waals surface area contributed by atoms with Gasteiger partial charge in [-0.15, -0.1) is 0 Å². The first-order valence-electron chi connectivity index (χ1n) is 11.5. The number of carbonyl (C=O) groups excluding carboxylic acids is 1. The lowest BCUT2D eigenvalue weighted by Crippen LogP contribution is -2.41. The Kier molecular flexibility index (Phi) is 7.44. The van der Waals surface area contributed by atoms with E-state index >= 15 is 0 Å². The highest BCUT2D eigenvalue weighted by atomic mass is 32.2. The minimum absolute atomic E-state index is 0.0372. The van der Waals surface area contributed by atoms with E-state index in [2.05, 4.69) is 4.72 Å². The van der Waals surface area contributed by atoms with Gasteiger partial charge in [0.05, 0.1) is 34.6 Å². The molecule has 1 aromatic heterocycles. The summed E-state index contributed by atoms with van der Waals surface area (Å²) >= 11 is 0. The number of sulfonamides is 1. The number of ether oxygens (including phenoxy) is 1. The molecule has 0 bridgehead atoms.